The van der Waals surface area contributed by atoms with Gasteiger partial charge >= 0.3 is 0 Å². The van der Waals surface area contributed by atoms with Crippen molar-refractivity contribution in [2.75, 3.05) is 45.5 Å². The van der Waals surface area contributed by atoms with Gasteiger partial charge in [-0.25, -0.2) is 9.61 Å². The first-order valence-corrected chi connectivity index (χ1v) is 9.69. The Hall–Kier alpha value is -3.54. The van der Waals surface area contributed by atoms with E-state index < -0.39 is 0 Å². The van der Waals surface area contributed by atoms with Gasteiger partial charge in [-0.05, 0) is 24.3 Å². The molecule has 0 aliphatic carbocycles. The van der Waals surface area contributed by atoms with Crippen LogP contribution in [0.3, 0.4) is 0 Å². The Bertz CT molecular complexity index is 1080. The summed E-state index contributed by atoms with van der Waals surface area (Å²) in [6.45, 7) is 4.67. The Kier molecular flexibility index (Phi) is 5.31. The second kappa shape index (κ2) is 8.06. The predicted octanol–water partition coefficient (Wildman–Crippen LogP) is -0.413. The van der Waals surface area contributed by atoms with Gasteiger partial charge in [0.05, 0.1) is 23.8 Å². The fraction of sp³-hybridized carbons (Fsp3) is 0.444. The second-order valence-electron chi connectivity index (χ2n) is 6.94. The van der Waals surface area contributed by atoms with E-state index in [9.17, 15) is 9.59 Å². The summed E-state index contributed by atoms with van der Waals surface area (Å²) in [5.74, 6) is 0.473. The highest BCUT2D eigenvalue weighted by Crippen LogP contribution is 2.28. The summed E-state index contributed by atoms with van der Waals surface area (Å²) in [5, 5.41) is 10.3. The van der Waals surface area contributed by atoms with Gasteiger partial charge in [0, 0.05) is 38.9 Å². The maximum Gasteiger partial charge on any atom is 0.257 e. The maximum absolute atomic E-state index is 13.3. The second-order valence-corrected chi connectivity index (χ2v) is 6.94. The number of nitrogen functional groups attached to an aromatic ring is 1. The van der Waals surface area contributed by atoms with Crippen molar-refractivity contribution in [1.29, 1.82) is 0 Å². The van der Waals surface area contributed by atoms with Gasteiger partial charge in [0.25, 0.3) is 5.91 Å². The van der Waals surface area contributed by atoms with Crippen molar-refractivity contribution in [1.82, 2.24) is 40.0 Å². The third-order valence-electron chi connectivity index (χ3n) is 5.17. The molecule has 3 N–H and O–H groups in total. The van der Waals surface area contributed by atoms with Gasteiger partial charge < -0.3 is 25.4 Å². The quantitative estimate of drug-likeness (QED) is 0.569. The molecule has 3 aromatic heterocycles. The zero-order chi connectivity index (χ0) is 21.3. The summed E-state index contributed by atoms with van der Waals surface area (Å²) in [4.78, 5) is 37.6. The summed E-state index contributed by atoms with van der Waals surface area (Å²) in [6, 6.07) is 0. The average molecular weight is 413 g/mol. The summed E-state index contributed by atoms with van der Waals surface area (Å²) in [5.41, 5.74) is 7.82. The number of nitrogens with one attached hydrogen (secondary N) is 1. The van der Waals surface area contributed by atoms with Crippen molar-refractivity contribution >= 4 is 28.7 Å². The normalized spacial score (nSPS) is 14.5. The SMILES string of the molecule is CCn1c(-c2nonc2N)nc2cncc(C(=O)N3CCN(C(=O)CNC)CC3)c21. The van der Waals surface area contributed by atoms with Gasteiger partial charge in [0.1, 0.15) is 5.52 Å². The molecule has 1 aliphatic rings. The van der Waals surface area contributed by atoms with Gasteiger partial charge in [-0.2, -0.15) is 0 Å². The minimum absolute atomic E-state index is 0.0286. The summed E-state index contributed by atoms with van der Waals surface area (Å²) >= 11 is 0. The number of carbonyl (C=O) groups excluding carboxylic acids is 2. The molecule has 158 valence electrons. The molecule has 3 aromatic rings. The lowest BCUT2D eigenvalue weighted by Gasteiger charge is -2.34. The number of anilines is 1. The fourth-order valence-corrected chi connectivity index (χ4v) is 3.68. The zero-order valence-electron chi connectivity index (χ0n) is 16.8. The lowest BCUT2D eigenvalue weighted by Crippen LogP contribution is -2.52. The van der Waals surface area contributed by atoms with E-state index in [4.69, 9.17) is 10.4 Å². The van der Waals surface area contributed by atoms with Crippen molar-refractivity contribution in [2.45, 2.75) is 13.5 Å². The number of aromatic nitrogens is 5. The topological polar surface area (TPSA) is 148 Å². The number of hydrogen-bond acceptors (Lipinski definition) is 9. The van der Waals surface area contributed by atoms with Crippen LogP contribution in [0.5, 0.6) is 0 Å². The number of nitrogens with zero attached hydrogens (tertiary/aromatic N) is 7. The van der Waals surface area contributed by atoms with Gasteiger partial charge in [-0.15, -0.1) is 0 Å². The smallest absolute Gasteiger partial charge is 0.257 e. The van der Waals surface area contributed by atoms with Crippen LogP contribution in [0.4, 0.5) is 5.82 Å². The van der Waals surface area contributed by atoms with E-state index in [1.807, 2.05) is 11.5 Å². The molecule has 0 radical (unpaired) electrons. The molecule has 1 saturated heterocycles. The minimum atomic E-state index is -0.152. The van der Waals surface area contributed by atoms with Gasteiger partial charge in [0.2, 0.25) is 5.91 Å². The lowest BCUT2D eigenvalue weighted by atomic mass is 10.2. The van der Waals surface area contributed by atoms with Crippen molar-refractivity contribution in [3.63, 3.8) is 0 Å². The van der Waals surface area contributed by atoms with Crippen molar-refractivity contribution in [3.8, 4) is 11.5 Å². The van der Waals surface area contributed by atoms with E-state index in [0.29, 0.717) is 60.8 Å². The Morgan fingerprint density at radius 3 is 2.53 bits per heavy atom. The Morgan fingerprint density at radius 1 is 1.17 bits per heavy atom. The molecule has 0 aromatic carbocycles. The number of pyridine rings is 1. The Balaban J connectivity index is 1.65. The number of rotatable bonds is 5. The van der Waals surface area contributed by atoms with Crippen molar-refractivity contribution in [3.05, 3.63) is 18.0 Å². The summed E-state index contributed by atoms with van der Waals surface area (Å²) in [6.07, 6.45) is 3.14. The van der Waals surface area contributed by atoms with Crippen LogP contribution in [-0.2, 0) is 11.3 Å². The van der Waals surface area contributed by atoms with Crippen LogP contribution in [0.15, 0.2) is 17.0 Å². The molecule has 1 fully saturated rings. The molecule has 0 unspecified atom stereocenters. The number of amides is 2. The molecule has 4 rings (SSSR count). The molecule has 2 amide bonds. The Labute approximate surface area is 172 Å². The first kappa shape index (κ1) is 19.8. The van der Waals surface area contributed by atoms with Crippen LogP contribution in [0.1, 0.15) is 17.3 Å². The van der Waals surface area contributed by atoms with Gasteiger partial charge in [0.15, 0.2) is 17.3 Å². The molecule has 0 saturated carbocycles. The fourth-order valence-electron chi connectivity index (χ4n) is 3.68. The highest BCUT2D eigenvalue weighted by atomic mass is 16.6. The zero-order valence-corrected chi connectivity index (χ0v) is 16.8. The van der Waals surface area contributed by atoms with E-state index >= 15 is 0 Å². The number of nitrogens with two attached hydrogens (primary N) is 1. The average Bonchev–Trinajstić information content (AvgIpc) is 3.35. The van der Waals surface area contributed by atoms with E-state index in [0.717, 1.165) is 0 Å². The molecule has 12 heteroatoms. The largest absolute Gasteiger partial charge is 0.379 e. The first-order valence-electron chi connectivity index (χ1n) is 9.69. The molecule has 4 heterocycles. The van der Waals surface area contributed by atoms with E-state index in [1.165, 1.54) is 0 Å². The number of hydrogen-bond donors (Lipinski definition) is 2. The van der Waals surface area contributed by atoms with E-state index in [2.05, 4.69) is 25.6 Å². The summed E-state index contributed by atoms with van der Waals surface area (Å²) < 4.78 is 6.56. The minimum Gasteiger partial charge on any atom is -0.379 e. The number of aryl methyl sites for hydroxylation is 1. The third-order valence-corrected chi connectivity index (χ3v) is 5.17. The van der Waals surface area contributed by atoms with Gasteiger partial charge in [-0.1, -0.05) is 0 Å². The summed E-state index contributed by atoms with van der Waals surface area (Å²) in [7, 11) is 1.74. The van der Waals surface area contributed by atoms with Crippen molar-refractivity contribution < 1.29 is 14.2 Å². The van der Waals surface area contributed by atoms with Crippen LogP contribution >= 0.6 is 0 Å². The van der Waals surface area contributed by atoms with E-state index in [-0.39, 0.29) is 24.2 Å². The Morgan fingerprint density at radius 2 is 1.90 bits per heavy atom. The number of piperazine rings is 1. The molecule has 30 heavy (non-hydrogen) atoms. The van der Waals surface area contributed by atoms with Crippen LogP contribution < -0.4 is 11.1 Å². The maximum atomic E-state index is 13.3. The number of fused-ring (bicyclic) bond motifs is 1. The van der Waals surface area contributed by atoms with Crippen LogP contribution in [0.2, 0.25) is 0 Å². The number of carbonyl (C=O) groups is 2. The van der Waals surface area contributed by atoms with Crippen molar-refractivity contribution in [2.24, 2.45) is 0 Å². The molecule has 1 aliphatic heterocycles. The molecule has 12 nitrogen and oxygen atoms in total. The molecular weight excluding hydrogens is 390 g/mol. The van der Waals surface area contributed by atoms with Gasteiger partial charge in [-0.3, -0.25) is 14.6 Å². The third kappa shape index (κ3) is 3.34. The number of imidazole rings is 1. The lowest BCUT2D eigenvalue weighted by molar-refractivity contribution is -0.131. The van der Waals surface area contributed by atoms with E-state index in [1.54, 1.807) is 29.2 Å². The first-order chi connectivity index (χ1) is 14.5. The standard InChI is InChI=1S/C18H23N9O3/c1-3-27-15-11(18(29)26-6-4-25(5-7-26)13(28)10-20-2)8-21-9-12(15)22-17(27)14-16(19)24-30-23-14/h8-9,20H,3-7,10H2,1-2H3,(H2,19,24). The number of likely N-dealkylation sites (N-methyl/N-ethyl adjacent to an activating group) is 1. The molecular formula is C18H23N9O3. The van der Waals surface area contributed by atoms with Crippen LogP contribution in [0.25, 0.3) is 22.6 Å². The highest BCUT2D eigenvalue weighted by molar-refractivity contribution is 6.05. The highest BCUT2D eigenvalue weighted by Gasteiger charge is 2.28. The molecule has 0 atom stereocenters. The van der Waals surface area contributed by atoms with Crippen LogP contribution in [-0.4, -0.2) is 86.2 Å². The molecule has 0 spiro atoms. The molecule has 0 bridgehead atoms. The predicted molar refractivity (Wildman–Crippen MR) is 107 cm³/mol. The monoisotopic (exact) mass is 413 g/mol. The van der Waals surface area contributed by atoms with Crippen LogP contribution in [0, 0.1) is 0 Å².